The van der Waals surface area contributed by atoms with Crippen LogP contribution in [0.2, 0.25) is 0 Å². The summed E-state index contributed by atoms with van der Waals surface area (Å²) in [6, 6.07) is 20.6. The summed E-state index contributed by atoms with van der Waals surface area (Å²) in [6.07, 6.45) is 5.27. The Bertz CT molecular complexity index is 1130. The molecule has 1 fully saturated rings. The third-order valence-corrected chi connectivity index (χ3v) is 5.70. The molecular formula is C23H22N4O. The second kappa shape index (κ2) is 6.46. The van der Waals surface area contributed by atoms with E-state index in [1.165, 1.54) is 12.0 Å². The van der Waals surface area contributed by atoms with Gasteiger partial charge >= 0.3 is 0 Å². The van der Waals surface area contributed by atoms with Crippen molar-refractivity contribution in [2.75, 3.05) is 7.11 Å². The van der Waals surface area contributed by atoms with Crippen LogP contribution < -0.4 is 10.5 Å². The van der Waals surface area contributed by atoms with Gasteiger partial charge in [-0.05, 0) is 24.8 Å². The number of rotatable bonds is 4. The van der Waals surface area contributed by atoms with Gasteiger partial charge in [-0.25, -0.2) is 4.98 Å². The van der Waals surface area contributed by atoms with Crippen LogP contribution in [-0.2, 0) is 5.54 Å². The van der Waals surface area contributed by atoms with Gasteiger partial charge in [0.2, 0.25) is 11.7 Å². The molecule has 0 bridgehead atoms. The number of hydrogen-bond acceptors (Lipinski definition) is 4. The third kappa shape index (κ3) is 2.67. The highest BCUT2D eigenvalue weighted by molar-refractivity contribution is 5.81. The SMILES string of the molecule is COc1ccn2c(-c3ccccc3)c(-c3ccc(C4(N)CCC4)cc3)nc2n1. The monoisotopic (exact) mass is 370 g/mol. The molecule has 0 radical (unpaired) electrons. The summed E-state index contributed by atoms with van der Waals surface area (Å²) >= 11 is 0. The topological polar surface area (TPSA) is 65.4 Å². The molecule has 0 spiro atoms. The summed E-state index contributed by atoms with van der Waals surface area (Å²) in [4.78, 5) is 9.35. The molecule has 28 heavy (non-hydrogen) atoms. The summed E-state index contributed by atoms with van der Waals surface area (Å²) < 4.78 is 7.29. The van der Waals surface area contributed by atoms with E-state index in [4.69, 9.17) is 15.5 Å². The fourth-order valence-electron chi connectivity index (χ4n) is 3.91. The maximum absolute atomic E-state index is 6.48. The first-order valence-electron chi connectivity index (χ1n) is 9.56. The minimum atomic E-state index is -0.158. The highest BCUT2D eigenvalue weighted by atomic mass is 16.5. The first-order chi connectivity index (χ1) is 13.7. The Balaban J connectivity index is 1.67. The molecule has 2 heterocycles. The molecule has 2 N–H and O–H groups in total. The van der Waals surface area contributed by atoms with E-state index >= 15 is 0 Å². The highest BCUT2D eigenvalue weighted by Gasteiger charge is 2.34. The molecule has 5 heteroatoms. The molecule has 1 aliphatic carbocycles. The quantitative estimate of drug-likeness (QED) is 0.578. The van der Waals surface area contributed by atoms with Crippen molar-refractivity contribution in [1.82, 2.24) is 14.4 Å². The van der Waals surface area contributed by atoms with Gasteiger partial charge in [-0.2, -0.15) is 4.98 Å². The summed E-state index contributed by atoms with van der Waals surface area (Å²) in [5.41, 5.74) is 11.6. The average molecular weight is 370 g/mol. The first-order valence-corrected chi connectivity index (χ1v) is 9.56. The van der Waals surface area contributed by atoms with E-state index in [-0.39, 0.29) is 5.54 Å². The van der Waals surface area contributed by atoms with Gasteiger partial charge in [0.25, 0.3) is 0 Å². The first kappa shape index (κ1) is 17.0. The minimum absolute atomic E-state index is 0.158. The predicted molar refractivity (Wildman–Crippen MR) is 110 cm³/mol. The van der Waals surface area contributed by atoms with Crippen LogP contribution in [-0.4, -0.2) is 21.5 Å². The lowest BCUT2D eigenvalue weighted by Crippen LogP contribution is -2.43. The molecule has 0 aliphatic heterocycles. The maximum atomic E-state index is 6.48. The van der Waals surface area contributed by atoms with Gasteiger partial charge in [0.1, 0.15) is 0 Å². The van der Waals surface area contributed by atoms with Crippen LogP contribution in [0.5, 0.6) is 5.88 Å². The molecule has 1 aliphatic rings. The Labute approximate surface area is 163 Å². The molecule has 2 aromatic heterocycles. The predicted octanol–water partition coefficient (Wildman–Crippen LogP) is 4.41. The molecule has 0 amide bonds. The van der Waals surface area contributed by atoms with E-state index < -0.39 is 0 Å². The van der Waals surface area contributed by atoms with Crippen LogP contribution >= 0.6 is 0 Å². The van der Waals surface area contributed by atoms with Gasteiger partial charge in [0, 0.05) is 28.9 Å². The molecular weight excluding hydrogens is 348 g/mol. The zero-order valence-electron chi connectivity index (χ0n) is 15.8. The number of imidazole rings is 1. The van der Waals surface area contributed by atoms with E-state index in [9.17, 15) is 0 Å². The number of aromatic nitrogens is 3. The van der Waals surface area contributed by atoms with Gasteiger partial charge in [0.15, 0.2) is 0 Å². The lowest BCUT2D eigenvalue weighted by molar-refractivity contribution is 0.253. The Morgan fingerprint density at radius 3 is 2.32 bits per heavy atom. The largest absolute Gasteiger partial charge is 0.481 e. The summed E-state index contributed by atoms with van der Waals surface area (Å²) in [5.74, 6) is 1.17. The molecule has 5 nitrogen and oxygen atoms in total. The number of methoxy groups -OCH3 is 1. The van der Waals surface area contributed by atoms with Crippen LogP contribution in [0, 0.1) is 0 Å². The van der Waals surface area contributed by atoms with E-state index in [0.29, 0.717) is 11.7 Å². The summed E-state index contributed by atoms with van der Waals surface area (Å²) in [6.45, 7) is 0. The van der Waals surface area contributed by atoms with Crippen LogP contribution in [0.25, 0.3) is 28.3 Å². The molecule has 140 valence electrons. The maximum Gasteiger partial charge on any atom is 0.238 e. The molecule has 2 aromatic carbocycles. The number of nitrogens with zero attached hydrogens (tertiary/aromatic N) is 3. The minimum Gasteiger partial charge on any atom is -0.481 e. The van der Waals surface area contributed by atoms with Crippen molar-refractivity contribution < 1.29 is 4.74 Å². The van der Waals surface area contributed by atoms with Crippen LogP contribution in [0.3, 0.4) is 0 Å². The van der Waals surface area contributed by atoms with Crippen molar-refractivity contribution in [2.24, 2.45) is 5.73 Å². The Morgan fingerprint density at radius 1 is 0.929 bits per heavy atom. The van der Waals surface area contributed by atoms with Gasteiger partial charge < -0.3 is 10.5 Å². The number of nitrogens with two attached hydrogens (primary N) is 1. The Morgan fingerprint density at radius 2 is 1.68 bits per heavy atom. The molecule has 0 saturated heterocycles. The third-order valence-electron chi connectivity index (χ3n) is 5.70. The summed E-state index contributed by atoms with van der Waals surface area (Å²) in [7, 11) is 1.61. The van der Waals surface area contributed by atoms with E-state index in [2.05, 4.69) is 41.4 Å². The zero-order chi connectivity index (χ0) is 19.1. The number of hydrogen-bond donors (Lipinski definition) is 1. The van der Waals surface area contributed by atoms with Crippen molar-refractivity contribution in [2.45, 2.75) is 24.8 Å². The van der Waals surface area contributed by atoms with Gasteiger partial charge in [-0.15, -0.1) is 0 Å². The molecule has 1 saturated carbocycles. The Hall–Kier alpha value is -3.18. The lowest BCUT2D eigenvalue weighted by Gasteiger charge is -2.38. The average Bonchev–Trinajstić information content (AvgIpc) is 3.11. The highest BCUT2D eigenvalue weighted by Crippen LogP contribution is 2.40. The van der Waals surface area contributed by atoms with E-state index in [1.54, 1.807) is 7.11 Å². The van der Waals surface area contributed by atoms with Crippen LogP contribution in [0.1, 0.15) is 24.8 Å². The number of ether oxygens (including phenoxy) is 1. The Kier molecular flexibility index (Phi) is 3.91. The normalized spacial score (nSPS) is 15.4. The fraction of sp³-hybridized carbons (Fsp3) is 0.217. The molecule has 4 aromatic rings. The van der Waals surface area contributed by atoms with Crippen molar-refractivity contribution in [3.8, 4) is 28.4 Å². The van der Waals surface area contributed by atoms with Gasteiger partial charge in [-0.3, -0.25) is 4.40 Å². The van der Waals surface area contributed by atoms with Crippen LogP contribution in [0.15, 0.2) is 66.9 Å². The van der Waals surface area contributed by atoms with E-state index in [1.807, 2.05) is 34.9 Å². The van der Waals surface area contributed by atoms with Crippen molar-refractivity contribution >= 4 is 5.78 Å². The second-order valence-electron chi connectivity index (χ2n) is 7.40. The van der Waals surface area contributed by atoms with Crippen molar-refractivity contribution in [1.29, 1.82) is 0 Å². The fourth-order valence-corrected chi connectivity index (χ4v) is 3.91. The number of fused-ring (bicyclic) bond motifs is 1. The number of benzene rings is 2. The van der Waals surface area contributed by atoms with Crippen molar-refractivity contribution in [3.05, 3.63) is 72.4 Å². The van der Waals surface area contributed by atoms with Crippen LogP contribution in [0.4, 0.5) is 0 Å². The summed E-state index contributed by atoms with van der Waals surface area (Å²) in [5, 5.41) is 0. The van der Waals surface area contributed by atoms with E-state index in [0.717, 1.165) is 35.4 Å². The second-order valence-corrected chi connectivity index (χ2v) is 7.40. The lowest BCUT2D eigenvalue weighted by atomic mass is 9.72. The standard InChI is InChI=1S/C23H22N4O/c1-28-19-12-15-27-21(17-6-3-2-4-7-17)20(26-22(27)25-19)16-8-10-18(11-9-16)23(24)13-5-14-23/h2-4,6-12,15H,5,13-14,24H2,1H3. The zero-order valence-corrected chi connectivity index (χ0v) is 15.8. The van der Waals surface area contributed by atoms with Crippen molar-refractivity contribution in [3.63, 3.8) is 0 Å². The molecule has 0 atom stereocenters. The molecule has 5 rings (SSSR count). The smallest absolute Gasteiger partial charge is 0.238 e. The van der Waals surface area contributed by atoms with Gasteiger partial charge in [-0.1, -0.05) is 54.6 Å². The van der Waals surface area contributed by atoms with Gasteiger partial charge in [0.05, 0.1) is 18.5 Å². The molecule has 0 unspecified atom stereocenters.